The number of nitrogens with zero attached hydrogens (tertiary/aromatic N) is 2. The molecule has 0 spiro atoms. The molecule has 2 aromatic heterocycles. The molecule has 0 fully saturated rings. The predicted octanol–water partition coefficient (Wildman–Crippen LogP) is 7.36. The number of hydrogen-bond acceptors (Lipinski definition) is 1. The lowest BCUT2D eigenvalue weighted by molar-refractivity contribution is 0.876. The largest absolute Gasteiger partial charge is 0.291 e. The van der Waals surface area contributed by atoms with Crippen LogP contribution in [0.15, 0.2) is 60.7 Å². The normalized spacial score (nSPS) is 11.9. The maximum atomic E-state index is 5.16. The molecule has 5 aromatic rings. The molecule has 0 amide bonds. The van der Waals surface area contributed by atoms with E-state index < -0.39 is 0 Å². The van der Waals surface area contributed by atoms with Crippen LogP contribution in [0, 0.1) is 20.8 Å². The summed E-state index contributed by atoms with van der Waals surface area (Å²) < 4.78 is 2.40. The van der Waals surface area contributed by atoms with Crippen molar-refractivity contribution in [1.29, 1.82) is 0 Å². The van der Waals surface area contributed by atoms with Gasteiger partial charge in [0.15, 0.2) is 0 Å². The Morgan fingerprint density at radius 3 is 2.14 bits per heavy atom. The van der Waals surface area contributed by atoms with Crippen molar-refractivity contribution in [3.05, 3.63) is 83.0 Å². The van der Waals surface area contributed by atoms with Gasteiger partial charge >= 0.3 is 0 Å². The first-order valence-corrected chi connectivity index (χ1v) is 10.4. The summed E-state index contributed by atoms with van der Waals surface area (Å²) in [6.45, 7) is 11.1. The molecule has 2 heterocycles. The Kier molecular flexibility index (Phi) is 3.99. The predicted molar refractivity (Wildman–Crippen MR) is 124 cm³/mol. The number of rotatable bonds is 2. The first-order chi connectivity index (χ1) is 14.0. The van der Waals surface area contributed by atoms with Gasteiger partial charge in [0.1, 0.15) is 5.65 Å². The van der Waals surface area contributed by atoms with E-state index in [1.807, 2.05) is 0 Å². The second kappa shape index (κ2) is 6.45. The fourth-order valence-electron chi connectivity index (χ4n) is 4.83. The molecule has 0 radical (unpaired) electrons. The number of pyridine rings is 1. The van der Waals surface area contributed by atoms with E-state index >= 15 is 0 Å². The standard InChI is InChI=1S/C27H26N2/c1-16(2)20-13-9-14-22-21-12-6-7-15-23(21)29-26(19(5)28-27(29)25(20)22)24-17(3)10-8-11-18(24)4/h6-16H,1-5H3. The number of aryl methyl sites for hydroxylation is 3. The Bertz CT molecular complexity index is 1380. The highest BCUT2D eigenvalue weighted by Gasteiger charge is 2.21. The molecule has 0 bridgehead atoms. The van der Waals surface area contributed by atoms with E-state index in [4.69, 9.17) is 4.98 Å². The summed E-state index contributed by atoms with van der Waals surface area (Å²) in [4.78, 5) is 5.16. The third-order valence-electron chi connectivity index (χ3n) is 6.15. The highest BCUT2D eigenvalue weighted by Crippen LogP contribution is 2.39. The van der Waals surface area contributed by atoms with Gasteiger partial charge in [0.05, 0.1) is 16.9 Å². The Balaban J connectivity index is 2.11. The molecule has 0 N–H and O–H groups in total. The summed E-state index contributed by atoms with van der Waals surface area (Å²) in [6.07, 6.45) is 0. The van der Waals surface area contributed by atoms with Crippen molar-refractivity contribution in [3.8, 4) is 11.3 Å². The number of imidazole rings is 1. The van der Waals surface area contributed by atoms with Crippen LogP contribution in [0.2, 0.25) is 0 Å². The molecule has 0 saturated carbocycles. The van der Waals surface area contributed by atoms with E-state index in [1.54, 1.807) is 0 Å². The summed E-state index contributed by atoms with van der Waals surface area (Å²) in [5.74, 6) is 0.435. The van der Waals surface area contributed by atoms with E-state index in [2.05, 4.69) is 99.7 Å². The Labute approximate surface area is 171 Å². The fraction of sp³-hybridized carbons (Fsp3) is 0.222. The maximum Gasteiger partial charge on any atom is 0.146 e. The van der Waals surface area contributed by atoms with Crippen LogP contribution < -0.4 is 0 Å². The second-order valence-corrected chi connectivity index (χ2v) is 8.41. The average molecular weight is 379 g/mol. The van der Waals surface area contributed by atoms with Gasteiger partial charge in [-0.2, -0.15) is 0 Å². The van der Waals surface area contributed by atoms with Crippen molar-refractivity contribution in [1.82, 2.24) is 9.38 Å². The van der Waals surface area contributed by atoms with Crippen LogP contribution in [0.25, 0.3) is 38.6 Å². The molecule has 3 aromatic carbocycles. The molecule has 0 atom stereocenters. The van der Waals surface area contributed by atoms with Gasteiger partial charge in [0, 0.05) is 16.3 Å². The zero-order chi connectivity index (χ0) is 20.3. The molecular weight excluding hydrogens is 352 g/mol. The lowest BCUT2D eigenvalue weighted by atomic mass is 9.94. The van der Waals surface area contributed by atoms with E-state index in [9.17, 15) is 0 Å². The van der Waals surface area contributed by atoms with Crippen LogP contribution in [0.1, 0.15) is 42.1 Å². The third-order valence-corrected chi connectivity index (χ3v) is 6.15. The average Bonchev–Trinajstić information content (AvgIpc) is 3.04. The van der Waals surface area contributed by atoms with Gasteiger partial charge in [-0.1, -0.05) is 68.4 Å². The van der Waals surface area contributed by atoms with Crippen LogP contribution in [-0.4, -0.2) is 9.38 Å². The lowest BCUT2D eigenvalue weighted by Crippen LogP contribution is -1.99. The van der Waals surface area contributed by atoms with Crippen LogP contribution in [0.5, 0.6) is 0 Å². The lowest BCUT2D eigenvalue weighted by Gasteiger charge is -2.16. The smallest absolute Gasteiger partial charge is 0.146 e. The number of benzene rings is 3. The molecule has 2 nitrogen and oxygen atoms in total. The highest BCUT2D eigenvalue weighted by molar-refractivity contribution is 6.14. The Hall–Kier alpha value is -3.13. The summed E-state index contributed by atoms with van der Waals surface area (Å²) in [7, 11) is 0. The first-order valence-electron chi connectivity index (χ1n) is 10.4. The zero-order valence-corrected chi connectivity index (χ0v) is 17.7. The van der Waals surface area contributed by atoms with Crippen molar-refractivity contribution in [2.45, 2.75) is 40.5 Å². The minimum Gasteiger partial charge on any atom is -0.291 e. The molecule has 0 aliphatic rings. The molecule has 0 saturated heterocycles. The van der Waals surface area contributed by atoms with Gasteiger partial charge in [0.2, 0.25) is 0 Å². The third kappa shape index (κ3) is 2.52. The molecule has 0 unspecified atom stereocenters. The SMILES string of the molecule is Cc1cccc(C)c1-c1c(C)nc2c3c(C(C)C)cccc3c3ccccc3n12. The van der Waals surface area contributed by atoms with Crippen LogP contribution in [0.4, 0.5) is 0 Å². The molecule has 5 rings (SSSR count). The van der Waals surface area contributed by atoms with Gasteiger partial charge in [-0.25, -0.2) is 4.98 Å². The maximum absolute atomic E-state index is 5.16. The monoisotopic (exact) mass is 378 g/mol. The van der Waals surface area contributed by atoms with Crippen LogP contribution >= 0.6 is 0 Å². The van der Waals surface area contributed by atoms with Crippen molar-refractivity contribution >= 4 is 27.3 Å². The minimum atomic E-state index is 0.435. The minimum absolute atomic E-state index is 0.435. The van der Waals surface area contributed by atoms with E-state index in [-0.39, 0.29) is 0 Å². The van der Waals surface area contributed by atoms with Gasteiger partial charge in [0.25, 0.3) is 0 Å². The summed E-state index contributed by atoms with van der Waals surface area (Å²) in [5.41, 5.74) is 9.81. The van der Waals surface area contributed by atoms with Gasteiger partial charge < -0.3 is 0 Å². The van der Waals surface area contributed by atoms with Crippen molar-refractivity contribution in [2.24, 2.45) is 0 Å². The molecule has 144 valence electrons. The Morgan fingerprint density at radius 2 is 1.41 bits per heavy atom. The van der Waals surface area contributed by atoms with Gasteiger partial charge in [-0.15, -0.1) is 0 Å². The first kappa shape index (κ1) is 17.9. The van der Waals surface area contributed by atoms with E-state index in [0.717, 1.165) is 11.3 Å². The number of fused-ring (bicyclic) bond motifs is 6. The van der Waals surface area contributed by atoms with Crippen molar-refractivity contribution in [3.63, 3.8) is 0 Å². The summed E-state index contributed by atoms with van der Waals surface area (Å²) in [6, 6.07) is 21.9. The van der Waals surface area contributed by atoms with Crippen molar-refractivity contribution < 1.29 is 0 Å². The molecule has 0 aliphatic carbocycles. The fourth-order valence-corrected chi connectivity index (χ4v) is 4.83. The molecular formula is C27H26N2. The summed E-state index contributed by atoms with van der Waals surface area (Å²) >= 11 is 0. The van der Waals surface area contributed by atoms with Crippen LogP contribution in [0.3, 0.4) is 0 Å². The van der Waals surface area contributed by atoms with E-state index in [1.165, 1.54) is 49.6 Å². The summed E-state index contributed by atoms with van der Waals surface area (Å²) in [5, 5.41) is 3.85. The Morgan fingerprint density at radius 1 is 0.759 bits per heavy atom. The highest BCUT2D eigenvalue weighted by atomic mass is 15.0. The number of para-hydroxylation sites is 1. The topological polar surface area (TPSA) is 17.3 Å². The number of hydrogen-bond donors (Lipinski definition) is 0. The quantitative estimate of drug-likeness (QED) is 0.293. The molecule has 2 heteroatoms. The molecule has 0 aliphatic heterocycles. The van der Waals surface area contributed by atoms with E-state index in [0.29, 0.717) is 5.92 Å². The van der Waals surface area contributed by atoms with Gasteiger partial charge in [-0.3, -0.25) is 4.40 Å². The van der Waals surface area contributed by atoms with Crippen LogP contribution in [-0.2, 0) is 0 Å². The number of aromatic nitrogens is 2. The zero-order valence-electron chi connectivity index (χ0n) is 17.7. The molecule has 29 heavy (non-hydrogen) atoms. The van der Waals surface area contributed by atoms with Crippen molar-refractivity contribution in [2.75, 3.05) is 0 Å². The van der Waals surface area contributed by atoms with Gasteiger partial charge in [-0.05, 0) is 54.8 Å². The second-order valence-electron chi connectivity index (χ2n) is 8.41.